The zero-order valence-electron chi connectivity index (χ0n) is 17.3. The summed E-state index contributed by atoms with van der Waals surface area (Å²) < 4.78 is 34.3. The maximum Gasteiger partial charge on any atom is 0.333 e. The van der Waals surface area contributed by atoms with Gasteiger partial charge in [-0.3, -0.25) is 0 Å². The second-order valence-corrected chi connectivity index (χ2v) is 11.6. The van der Waals surface area contributed by atoms with Gasteiger partial charge in [0.1, 0.15) is 4.21 Å². The van der Waals surface area contributed by atoms with Crippen molar-refractivity contribution in [2.24, 2.45) is 0 Å². The van der Waals surface area contributed by atoms with Crippen LogP contribution in [-0.2, 0) is 52.5 Å². The average Bonchev–Trinajstić information content (AvgIpc) is 3.39. The van der Waals surface area contributed by atoms with E-state index in [0.717, 1.165) is 66.7 Å². The molecule has 1 aromatic carbocycles. The second-order valence-electron chi connectivity index (χ2n) is 8.82. The maximum atomic E-state index is 13.0. The van der Waals surface area contributed by atoms with Crippen LogP contribution in [-0.4, -0.2) is 21.1 Å². The van der Waals surface area contributed by atoms with Gasteiger partial charge in [-0.15, -0.1) is 11.3 Å². The summed E-state index contributed by atoms with van der Waals surface area (Å²) in [4.78, 5) is 12.8. The molecule has 0 saturated heterocycles. The number of anilines is 1. The summed E-state index contributed by atoms with van der Waals surface area (Å²) >= 11 is 1.15. The smallest absolute Gasteiger partial charge is 0.333 e. The number of hydrogen-bond donors (Lipinski definition) is 2. The average molecular weight is 447 g/mol. The number of rotatable bonds is 3. The lowest BCUT2D eigenvalue weighted by Crippen LogP contribution is -2.36. The first kappa shape index (κ1) is 20.0. The minimum atomic E-state index is -3.96. The maximum absolute atomic E-state index is 13.0. The van der Waals surface area contributed by atoms with Crippen molar-refractivity contribution in [3.05, 3.63) is 44.8 Å². The Balaban J connectivity index is 1.42. The van der Waals surface area contributed by atoms with Crippen molar-refractivity contribution < 1.29 is 17.9 Å². The SMILES string of the molecule is CC1(C)OCCc2c1csc2S(=O)(=O)NC(=O)Nc1c2c(cc3c1CCC3)CCC2. The molecule has 5 rings (SSSR count). The third-order valence-electron chi connectivity index (χ3n) is 6.50. The van der Waals surface area contributed by atoms with Crippen molar-refractivity contribution in [3.63, 3.8) is 0 Å². The van der Waals surface area contributed by atoms with E-state index in [1.807, 2.05) is 19.2 Å². The zero-order valence-corrected chi connectivity index (χ0v) is 18.9. The molecule has 2 aromatic rings. The van der Waals surface area contributed by atoms with Crippen LogP contribution in [0.4, 0.5) is 10.5 Å². The van der Waals surface area contributed by atoms with Gasteiger partial charge in [0.05, 0.1) is 12.2 Å². The van der Waals surface area contributed by atoms with Crippen LogP contribution in [0.5, 0.6) is 0 Å². The molecule has 8 heteroatoms. The molecule has 2 amide bonds. The molecule has 2 N–H and O–H groups in total. The fourth-order valence-corrected chi connectivity index (χ4v) is 7.80. The third-order valence-corrected chi connectivity index (χ3v) is 9.45. The van der Waals surface area contributed by atoms with E-state index in [2.05, 4.69) is 16.1 Å². The molecular formula is C22H26N2O4S2. The van der Waals surface area contributed by atoms with Crippen LogP contribution in [0, 0.1) is 0 Å². The molecule has 0 spiro atoms. The molecule has 2 aliphatic carbocycles. The van der Waals surface area contributed by atoms with E-state index >= 15 is 0 Å². The summed E-state index contributed by atoms with van der Waals surface area (Å²) in [6.07, 6.45) is 6.58. The Morgan fingerprint density at radius 3 is 2.37 bits per heavy atom. The molecule has 0 radical (unpaired) electrons. The van der Waals surface area contributed by atoms with E-state index < -0.39 is 21.7 Å². The van der Waals surface area contributed by atoms with E-state index in [1.54, 1.807) is 0 Å². The summed E-state index contributed by atoms with van der Waals surface area (Å²) in [5.41, 5.74) is 6.91. The largest absolute Gasteiger partial charge is 0.370 e. The highest BCUT2D eigenvalue weighted by atomic mass is 32.2. The number of sulfonamides is 1. The Bertz CT molecular complexity index is 1120. The Morgan fingerprint density at radius 2 is 1.70 bits per heavy atom. The van der Waals surface area contributed by atoms with E-state index in [0.29, 0.717) is 13.0 Å². The second kappa shape index (κ2) is 7.07. The van der Waals surface area contributed by atoms with Gasteiger partial charge in [0.15, 0.2) is 0 Å². The third kappa shape index (κ3) is 3.25. The van der Waals surface area contributed by atoms with Crippen LogP contribution in [0.3, 0.4) is 0 Å². The molecule has 6 nitrogen and oxygen atoms in total. The van der Waals surface area contributed by atoms with Gasteiger partial charge in [-0.25, -0.2) is 17.9 Å². The normalized spacial score (nSPS) is 19.1. The van der Waals surface area contributed by atoms with Crippen LogP contribution >= 0.6 is 11.3 Å². The number of carbonyl (C=O) groups is 1. The summed E-state index contributed by atoms with van der Waals surface area (Å²) in [6, 6.07) is 1.60. The minimum absolute atomic E-state index is 0.215. The number of aryl methyl sites for hydroxylation is 2. The summed E-state index contributed by atoms with van der Waals surface area (Å²) in [5, 5.41) is 4.74. The first-order valence-corrected chi connectivity index (χ1v) is 12.9. The number of fused-ring (bicyclic) bond motifs is 3. The minimum Gasteiger partial charge on any atom is -0.370 e. The molecule has 0 fully saturated rings. The highest BCUT2D eigenvalue weighted by Gasteiger charge is 2.35. The van der Waals surface area contributed by atoms with Crippen molar-refractivity contribution in [2.45, 2.75) is 68.6 Å². The zero-order chi connectivity index (χ0) is 21.1. The standard InChI is InChI=1S/C22H26N2O4S2/c1-22(2)18-12-29-20(17(18)9-10-28-22)30(26,27)24-21(25)23-19-15-7-3-5-13(15)11-14-6-4-8-16(14)19/h11-12H,3-10H2,1-2H3,(H2,23,24,25). The van der Waals surface area contributed by atoms with Crippen LogP contribution in [0.15, 0.2) is 15.7 Å². The highest BCUT2D eigenvalue weighted by Crippen LogP contribution is 2.40. The predicted octanol–water partition coefficient (Wildman–Crippen LogP) is 4.04. The van der Waals surface area contributed by atoms with Crippen LogP contribution in [0.25, 0.3) is 0 Å². The molecule has 3 aliphatic rings. The fourth-order valence-electron chi connectivity index (χ4n) is 5.09. The van der Waals surface area contributed by atoms with Gasteiger partial charge in [0.25, 0.3) is 10.0 Å². The first-order valence-electron chi connectivity index (χ1n) is 10.5. The molecule has 0 saturated carbocycles. The lowest BCUT2D eigenvalue weighted by molar-refractivity contribution is -0.0314. The number of hydrogen-bond acceptors (Lipinski definition) is 5. The van der Waals surface area contributed by atoms with Gasteiger partial charge in [-0.2, -0.15) is 0 Å². The van der Waals surface area contributed by atoms with E-state index in [-0.39, 0.29) is 4.21 Å². The lowest BCUT2D eigenvalue weighted by atomic mass is 9.93. The van der Waals surface area contributed by atoms with Gasteiger partial charge >= 0.3 is 6.03 Å². The van der Waals surface area contributed by atoms with E-state index in [1.165, 1.54) is 22.3 Å². The number of benzene rings is 1. The first-order chi connectivity index (χ1) is 14.3. The number of nitrogens with one attached hydrogen (secondary N) is 2. The summed E-state index contributed by atoms with van der Waals surface area (Å²) in [6.45, 7) is 4.34. The highest BCUT2D eigenvalue weighted by molar-refractivity contribution is 7.92. The summed E-state index contributed by atoms with van der Waals surface area (Å²) in [5.74, 6) is 0. The molecule has 0 unspecified atom stereocenters. The number of thiophene rings is 1. The Hall–Kier alpha value is -1.90. The van der Waals surface area contributed by atoms with E-state index in [9.17, 15) is 13.2 Å². The molecule has 1 aromatic heterocycles. The number of ether oxygens (including phenoxy) is 1. The van der Waals surface area contributed by atoms with Crippen molar-refractivity contribution in [3.8, 4) is 0 Å². The monoisotopic (exact) mass is 446 g/mol. The topological polar surface area (TPSA) is 84.5 Å². The molecule has 1 aliphatic heterocycles. The summed E-state index contributed by atoms with van der Waals surface area (Å²) in [7, 11) is -3.96. The predicted molar refractivity (Wildman–Crippen MR) is 117 cm³/mol. The molecule has 0 bridgehead atoms. The quantitative estimate of drug-likeness (QED) is 0.745. The van der Waals surface area contributed by atoms with Gasteiger partial charge < -0.3 is 10.1 Å². The number of carbonyl (C=O) groups excluding carboxylic acids is 1. The number of amides is 2. The van der Waals surface area contributed by atoms with Gasteiger partial charge in [-0.05, 0) is 97.6 Å². The van der Waals surface area contributed by atoms with Crippen LogP contribution in [0.2, 0.25) is 0 Å². The van der Waals surface area contributed by atoms with Crippen molar-refractivity contribution >= 4 is 33.1 Å². The van der Waals surface area contributed by atoms with Gasteiger partial charge in [0, 0.05) is 5.69 Å². The Kier molecular flexibility index (Phi) is 4.72. The number of urea groups is 1. The van der Waals surface area contributed by atoms with E-state index in [4.69, 9.17) is 4.74 Å². The van der Waals surface area contributed by atoms with Gasteiger partial charge in [0.2, 0.25) is 0 Å². The fraction of sp³-hybridized carbons (Fsp3) is 0.500. The van der Waals surface area contributed by atoms with Gasteiger partial charge in [-0.1, -0.05) is 6.07 Å². The van der Waals surface area contributed by atoms with Crippen molar-refractivity contribution in [2.75, 3.05) is 11.9 Å². The van der Waals surface area contributed by atoms with Crippen LogP contribution < -0.4 is 10.0 Å². The molecule has 2 heterocycles. The lowest BCUT2D eigenvalue weighted by Gasteiger charge is -2.30. The Morgan fingerprint density at radius 1 is 1.03 bits per heavy atom. The Labute approximate surface area is 181 Å². The molecular weight excluding hydrogens is 420 g/mol. The molecule has 30 heavy (non-hydrogen) atoms. The van der Waals surface area contributed by atoms with Crippen molar-refractivity contribution in [1.29, 1.82) is 0 Å². The van der Waals surface area contributed by atoms with Crippen molar-refractivity contribution in [1.82, 2.24) is 4.72 Å². The molecule has 0 atom stereocenters. The molecule has 160 valence electrons. The van der Waals surface area contributed by atoms with Crippen LogP contribution in [0.1, 0.15) is 60.1 Å².